The van der Waals surface area contributed by atoms with Crippen LogP contribution < -0.4 is 19.5 Å². The standard InChI is InChI=1S/C14H18N4O3/c1-4-15-12-16-13(19-3)18-14(17-12)21-11-9-7-6-8-10(11)20-5-2/h6-9H,4-5H2,1-3H3,(H,15,16,17,18). The van der Waals surface area contributed by atoms with Crippen LogP contribution >= 0.6 is 0 Å². The molecule has 1 aromatic carbocycles. The number of benzene rings is 1. The molecular weight excluding hydrogens is 272 g/mol. The number of para-hydroxylation sites is 2. The largest absolute Gasteiger partial charge is 0.490 e. The van der Waals surface area contributed by atoms with E-state index in [1.807, 2.05) is 32.0 Å². The fourth-order valence-electron chi connectivity index (χ4n) is 1.62. The second kappa shape index (κ2) is 7.28. The van der Waals surface area contributed by atoms with Crippen LogP contribution in [0.4, 0.5) is 5.95 Å². The highest BCUT2D eigenvalue weighted by atomic mass is 16.5. The molecule has 0 aliphatic rings. The summed E-state index contributed by atoms with van der Waals surface area (Å²) in [5, 5.41) is 2.99. The molecule has 0 saturated carbocycles. The van der Waals surface area contributed by atoms with E-state index in [1.54, 1.807) is 6.07 Å². The average molecular weight is 290 g/mol. The van der Waals surface area contributed by atoms with Gasteiger partial charge in [-0.25, -0.2) is 0 Å². The molecule has 0 radical (unpaired) electrons. The topological polar surface area (TPSA) is 78.4 Å². The summed E-state index contributed by atoms with van der Waals surface area (Å²) in [4.78, 5) is 12.3. The third-order valence-electron chi connectivity index (χ3n) is 2.46. The second-order valence-corrected chi connectivity index (χ2v) is 3.94. The Morgan fingerprint density at radius 1 is 1.00 bits per heavy atom. The molecule has 21 heavy (non-hydrogen) atoms. The lowest BCUT2D eigenvalue weighted by Crippen LogP contribution is -2.06. The summed E-state index contributed by atoms with van der Waals surface area (Å²) in [6, 6.07) is 7.66. The van der Waals surface area contributed by atoms with Crippen LogP contribution in [-0.4, -0.2) is 35.2 Å². The molecule has 0 fully saturated rings. The number of aromatic nitrogens is 3. The van der Waals surface area contributed by atoms with Crippen molar-refractivity contribution in [2.24, 2.45) is 0 Å². The average Bonchev–Trinajstić information content (AvgIpc) is 2.49. The van der Waals surface area contributed by atoms with Gasteiger partial charge in [0.2, 0.25) is 5.95 Å². The molecule has 0 atom stereocenters. The molecule has 112 valence electrons. The summed E-state index contributed by atoms with van der Waals surface area (Å²) in [6.45, 7) is 5.08. The Balaban J connectivity index is 2.28. The van der Waals surface area contributed by atoms with E-state index in [4.69, 9.17) is 14.2 Å². The monoisotopic (exact) mass is 290 g/mol. The second-order valence-electron chi connectivity index (χ2n) is 3.94. The van der Waals surface area contributed by atoms with Crippen LogP contribution in [0.2, 0.25) is 0 Å². The van der Waals surface area contributed by atoms with Crippen LogP contribution in [0.3, 0.4) is 0 Å². The van der Waals surface area contributed by atoms with E-state index in [0.717, 1.165) is 0 Å². The van der Waals surface area contributed by atoms with Crippen LogP contribution in [0.15, 0.2) is 24.3 Å². The number of ether oxygens (including phenoxy) is 3. The fraction of sp³-hybridized carbons (Fsp3) is 0.357. The van der Waals surface area contributed by atoms with Gasteiger partial charge in [0.1, 0.15) is 0 Å². The van der Waals surface area contributed by atoms with Crippen molar-refractivity contribution in [2.75, 3.05) is 25.6 Å². The van der Waals surface area contributed by atoms with Gasteiger partial charge in [-0.2, -0.15) is 9.97 Å². The lowest BCUT2D eigenvalue weighted by molar-refractivity contribution is 0.313. The number of nitrogens with zero attached hydrogens (tertiary/aromatic N) is 3. The molecule has 2 rings (SSSR count). The first-order valence-corrected chi connectivity index (χ1v) is 6.70. The maximum Gasteiger partial charge on any atom is 0.330 e. The first-order chi connectivity index (χ1) is 10.3. The van der Waals surface area contributed by atoms with E-state index >= 15 is 0 Å². The van der Waals surface area contributed by atoms with Gasteiger partial charge in [0.05, 0.1) is 13.7 Å². The zero-order chi connectivity index (χ0) is 15.1. The summed E-state index contributed by atoms with van der Waals surface area (Å²) in [7, 11) is 1.49. The lowest BCUT2D eigenvalue weighted by atomic mass is 10.3. The van der Waals surface area contributed by atoms with E-state index in [1.165, 1.54) is 7.11 Å². The number of hydrogen-bond acceptors (Lipinski definition) is 7. The summed E-state index contributed by atoms with van der Waals surface area (Å²) in [6.07, 6.45) is 0. The Bertz CT molecular complexity index is 592. The summed E-state index contributed by atoms with van der Waals surface area (Å²) >= 11 is 0. The maximum atomic E-state index is 5.68. The molecule has 1 aromatic heterocycles. The molecule has 0 saturated heterocycles. The fourth-order valence-corrected chi connectivity index (χ4v) is 1.62. The van der Waals surface area contributed by atoms with Gasteiger partial charge in [-0.3, -0.25) is 0 Å². The van der Waals surface area contributed by atoms with Gasteiger partial charge in [-0.1, -0.05) is 12.1 Å². The summed E-state index contributed by atoms with van der Waals surface area (Å²) < 4.78 is 16.2. The van der Waals surface area contributed by atoms with Gasteiger partial charge < -0.3 is 19.5 Å². The van der Waals surface area contributed by atoms with Gasteiger partial charge in [0.25, 0.3) is 0 Å². The zero-order valence-electron chi connectivity index (χ0n) is 12.3. The highest BCUT2D eigenvalue weighted by Crippen LogP contribution is 2.30. The molecular formula is C14H18N4O3. The zero-order valence-corrected chi connectivity index (χ0v) is 12.3. The Kier molecular flexibility index (Phi) is 5.14. The minimum atomic E-state index is 0.143. The Morgan fingerprint density at radius 2 is 1.71 bits per heavy atom. The number of rotatable bonds is 7. The van der Waals surface area contributed by atoms with Crippen molar-refractivity contribution in [2.45, 2.75) is 13.8 Å². The number of anilines is 1. The minimum Gasteiger partial charge on any atom is -0.490 e. The van der Waals surface area contributed by atoms with Crippen molar-refractivity contribution in [3.63, 3.8) is 0 Å². The van der Waals surface area contributed by atoms with Gasteiger partial charge in [-0.15, -0.1) is 4.98 Å². The third kappa shape index (κ3) is 3.95. The molecule has 1 heterocycles. The van der Waals surface area contributed by atoms with E-state index in [-0.39, 0.29) is 12.0 Å². The van der Waals surface area contributed by atoms with Crippen LogP contribution in [-0.2, 0) is 0 Å². The summed E-state index contributed by atoms with van der Waals surface area (Å²) in [5.74, 6) is 1.56. The molecule has 0 bridgehead atoms. The molecule has 0 unspecified atom stereocenters. The first kappa shape index (κ1) is 14.8. The van der Waals surface area contributed by atoms with Gasteiger partial charge >= 0.3 is 12.0 Å². The number of nitrogens with one attached hydrogen (secondary N) is 1. The smallest absolute Gasteiger partial charge is 0.330 e. The van der Waals surface area contributed by atoms with E-state index < -0.39 is 0 Å². The van der Waals surface area contributed by atoms with Crippen molar-refractivity contribution in [3.8, 4) is 23.5 Å². The number of methoxy groups -OCH3 is 1. The van der Waals surface area contributed by atoms with Crippen LogP contribution in [0.1, 0.15) is 13.8 Å². The highest BCUT2D eigenvalue weighted by molar-refractivity contribution is 5.41. The van der Waals surface area contributed by atoms with Gasteiger partial charge in [0.15, 0.2) is 11.5 Å². The molecule has 0 spiro atoms. The molecule has 2 aromatic rings. The highest BCUT2D eigenvalue weighted by Gasteiger charge is 2.11. The lowest BCUT2D eigenvalue weighted by Gasteiger charge is -2.11. The molecule has 7 nitrogen and oxygen atoms in total. The van der Waals surface area contributed by atoms with Crippen LogP contribution in [0.25, 0.3) is 0 Å². The van der Waals surface area contributed by atoms with Crippen molar-refractivity contribution < 1.29 is 14.2 Å². The predicted molar refractivity (Wildman–Crippen MR) is 78.2 cm³/mol. The van der Waals surface area contributed by atoms with Crippen LogP contribution in [0, 0.1) is 0 Å². The predicted octanol–water partition coefficient (Wildman–Crippen LogP) is 2.50. The van der Waals surface area contributed by atoms with Gasteiger partial charge in [-0.05, 0) is 26.0 Å². The molecule has 0 aliphatic carbocycles. The van der Waals surface area contributed by atoms with Crippen molar-refractivity contribution in [1.82, 2.24) is 15.0 Å². The van der Waals surface area contributed by atoms with E-state index in [9.17, 15) is 0 Å². The normalized spacial score (nSPS) is 10.0. The quantitative estimate of drug-likeness (QED) is 0.839. The van der Waals surface area contributed by atoms with E-state index in [0.29, 0.717) is 30.6 Å². The molecule has 0 amide bonds. The minimum absolute atomic E-state index is 0.143. The Hall–Kier alpha value is -2.57. The molecule has 1 N–H and O–H groups in total. The third-order valence-corrected chi connectivity index (χ3v) is 2.46. The molecule has 0 aliphatic heterocycles. The van der Waals surface area contributed by atoms with Crippen LogP contribution in [0.5, 0.6) is 23.5 Å². The SMILES string of the molecule is CCNc1nc(OC)nc(Oc2ccccc2OCC)n1. The van der Waals surface area contributed by atoms with Crippen molar-refractivity contribution in [1.29, 1.82) is 0 Å². The van der Waals surface area contributed by atoms with Gasteiger partial charge in [0, 0.05) is 6.54 Å². The first-order valence-electron chi connectivity index (χ1n) is 6.70. The van der Waals surface area contributed by atoms with Crippen molar-refractivity contribution >= 4 is 5.95 Å². The van der Waals surface area contributed by atoms with E-state index in [2.05, 4.69) is 20.3 Å². The Morgan fingerprint density at radius 3 is 2.38 bits per heavy atom. The maximum absolute atomic E-state index is 5.68. The van der Waals surface area contributed by atoms with Crippen molar-refractivity contribution in [3.05, 3.63) is 24.3 Å². The Labute approximate surface area is 123 Å². The molecule has 7 heteroatoms. The summed E-state index contributed by atoms with van der Waals surface area (Å²) in [5.41, 5.74) is 0. The number of hydrogen-bond donors (Lipinski definition) is 1.